The number of halogens is 2. The molecule has 3 heteroatoms. The second-order valence-corrected chi connectivity index (χ2v) is 9.07. The quantitative estimate of drug-likeness (QED) is 0.561. The van der Waals surface area contributed by atoms with Crippen LogP contribution in [-0.4, -0.2) is 6.10 Å². The summed E-state index contributed by atoms with van der Waals surface area (Å²) in [6, 6.07) is 11.2. The van der Waals surface area contributed by atoms with E-state index in [-0.39, 0.29) is 22.8 Å². The van der Waals surface area contributed by atoms with Crippen LogP contribution in [0.4, 0.5) is 8.78 Å². The zero-order valence-corrected chi connectivity index (χ0v) is 16.4. The van der Waals surface area contributed by atoms with Crippen LogP contribution in [0.5, 0.6) is 5.75 Å². The zero-order chi connectivity index (χ0) is 19.2. The van der Waals surface area contributed by atoms with Crippen molar-refractivity contribution in [3.8, 4) is 16.9 Å². The van der Waals surface area contributed by atoms with Crippen LogP contribution in [0, 0.1) is 17.0 Å². The summed E-state index contributed by atoms with van der Waals surface area (Å²) < 4.78 is 34.3. The molecule has 0 aliphatic heterocycles. The van der Waals surface area contributed by atoms with E-state index in [9.17, 15) is 8.78 Å². The van der Waals surface area contributed by atoms with E-state index in [0.29, 0.717) is 11.0 Å². The van der Waals surface area contributed by atoms with Crippen LogP contribution in [0.15, 0.2) is 36.4 Å². The lowest BCUT2D eigenvalue weighted by Crippen LogP contribution is -2.42. The largest absolute Gasteiger partial charge is 0.488 e. The van der Waals surface area contributed by atoms with Gasteiger partial charge in [0.05, 0.1) is 6.10 Å². The van der Waals surface area contributed by atoms with E-state index in [1.165, 1.54) is 50.2 Å². The average Bonchev–Trinajstić information content (AvgIpc) is 2.66. The lowest BCUT2D eigenvalue weighted by Gasteiger charge is -2.52. The van der Waals surface area contributed by atoms with Gasteiger partial charge >= 0.3 is 0 Å². The fourth-order valence-corrected chi connectivity index (χ4v) is 4.91. The fourth-order valence-electron chi connectivity index (χ4n) is 4.91. The van der Waals surface area contributed by atoms with Gasteiger partial charge in [0.1, 0.15) is 0 Å². The summed E-state index contributed by atoms with van der Waals surface area (Å²) in [6.07, 6.45) is 7.42. The molecule has 144 valence electrons. The molecule has 3 saturated carbocycles. The predicted octanol–water partition coefficient (Wildman–Crippen LogP) is 7.03. The molecular weight excluding hydrogens is 342 g/mol. The van der Waals surface area contributed by atoms with E-state index in [4.69, 9.17) is 4.74 Å². The summed E-state index contributed by atoms with van der Waals surface area (Å²) in [5.41, 5.74) is 3.18. The van der Waals surface area contributed by atoms with E-state index < -0.39 is 11.6 Å². The van der Waals surface area contributed by atoms with Crippen molar-refractivity contribution in [2.45, 2.75) is 70.8 Å². The van der Waals surface area contributed by atoms with Crippen LogP contribution in [0.3, 0.4) is 0 Å². The Morgan fingerprint density at radius 1 is 0.815 bits per heavy atom. The molecule has 0 N–H and O–H groups in total. The Morgan fingerprint density at radius 3 is 1.96 bits per heavy atom. The van der Waals surface area contributed by atoms with E-state index in [1.54, 1.807) is 19.9 Å². The monoisotopic (exact) mass is 370 g/mol. The summed E-state index contributed by atoms with van der Waals surface area (Å²) in [5.74, 6) is -1.79. The molecular formula is C24H28F2O. The van der Waals surface area contributed by atoms with Crippen molar-refractivity contribution in [3.63, 3.8) is 0 Å². The molecule has 2 aromatic carbocycles. The van der Waals surface area contributed by atoms with E-state index in [0.717, 1.165) is 0 Å². The molecule has 0 amide bonds. The Morgan fingerprint density at radius 2 is 1.41 bits per heavy atom. The summed E-state index contributed by atoms with van der Waals surface area (Å²) >= 11 is 0. The lowest BCUT2D eigenvalue weighted by molar-refractivity contribution is 0.0556. The highest BCUT2D eigenvalue weighted by atomic mass is 19.2. The Bertz CT molecular complexity index is 814. The topological polar surface area (TPSA) is 9.23 Å². The summed E-state index contributed by atoms with van der Waals surface area (Å²) in [6.45, 7) is 6.01. The van der Waals surface area contributed by atoms with Crippen molar-refractivity contribution in [3.05, 3.63) is 53.6 Å². The number of hydrogen-bond donors (Lipinski definition) is 0. The molecule has 0 aromatic heterocycles. The summed E-state index contributed by atoms with van der Waals surface area (Å²) in [5, 5.41) is 0. The van der Waals surface area contributed by atoms with Gasteiger partial charge in [-0.15, -0.1) is 0 Å². The highest BCUT2D eigenvalue weighted by Gasteiger charge is 2.46. The van der Waals surface area contributed by atoms with Gasteiger partial charge in [0.25, 0.3) is 0 Å². The third-order valence-electron chi connectivity index (χ3n) is 6.84. The van der Waals surface area contributed by atoms with Gasteiger partial charge in [0, 0.05) is 5.56 Å². The van der Waals surface area contributed by atoms with Gasteiger partial charge in [-0.05, 0) is 86.5 Å². The van der Waals surface area contributed by atoms with E-state index in [2.05, 4.69) is 19.1 Å². The molecule has 0 radical (unpaired) electrons. The van der Waals surface area contributed by atoms with Gasteiger partial charge in [-0.1, -0.05) is 31.2 Å². The van der Waals surface area contributed by atoms with Gasteiger partial charge in [-0.2, -0.15) is 4.39 Å². The molecule has 0 heterocycles. The first-order chi connectivity index (χ1) is 12.8. The third-order valence-corrected chi connectivity index (χ3v) is 6.84. The molecule has 1 nitrogen and oxygen atoms in total. The molecule has 3 aliphatic carbocycles. The number of hydrogen-bond acceptors (Lipinski definition) is 1. The second kappa shape index (κ2) is 6.61. The standard InChI is InChI=1S/C24H28F2O/c1-16(2)27-20-9-8-19(21(25)22(20)26)17-4-6-18(7-5-17)24-13-10-23(3,11-14-24)12-15-24/h4-9,16H,10-15H2,1-3H3. The number of benzene rings is 2. The lowest BCUT2D eigenvalue weighted by atomic mass is 9.52. The van der Waals surface area contributed by atoms with Gasteiger partial charge in [0.2, 0.25) is 5.82 Å². The van der Waals surface area contributed by atoms with Gasteiger partial charge in [-0.3, -0.25) is 0 Å². The molecule has 3 fully saturated rings. The number of rotatable bonds is 4. The maximum absolute atomic E-state index is 14.6. The summed E-state index contributed by atoms with van der Waals surface area (Å²) in [4.78, 5) is 0. The van der Waals surface area contributed by atoms with Crippen LogP contribution in [0.25, 0.3) is 11.1 Å². The predicted molar refractivity (Wildman–Crippen MR) is 105 cm³/mol. The zero-order valence-electron chi connectivity index (χ0n) is 16.4. The SMILES string of the molecule is CC(C)Oc1ccc(-c2ccc(C34CCC(C)(CC3)CC4)cc2)c(F)c1F. The first-order valence-corrected chi connectivity index (χ1v) is 10.1. The van der Waals surface area contributed by atoms with Gasteiger partial charge in [-0.25, -0.2) is 4.39 Å². The van der Waals surface area contributed by atoms with Crippen molar-refractivity contribution in [1.82, 2.24) is 0 Å². The molecule has 5 rings (SSSR count). The van der Waals surface area contributed by atoms with Crippen molar-refractivity contribution in [1.29, 1.82) is 0 Å². The maximum Gasteiger partial charge on any atom is 0.201 e. The fraction of sp³-hybridized carbons (Fsp3) is 0.500. The van der Waals surface area contributed by atoms with Crippen LogP contribution in [0.2, 0.25) is 0 Å². The molecule has 27 heavy (non-hydrogen) atoms. The maximum atomic E-state index is 14.6. The van der Waals surface area contributed by atoms with Crippen molar-refractivity contribution >= 4 is 0 Å². The number of ether oxygens (including phenoxy) is 1. The second-order valence-electron chi connectivity index (χ2n) is 9.07. The smallest absolute Gasteiger partial charge is 0.201 e. The molecule has 0 spiro atoms. The summed E-state index contributed by atoms with van der Waals surface area (Å²) in [7, 11) is 0. The molecule has 2 bridgehead atoms. The molecule has 0 atom stereocenters. The molecule has 3 aliphatic rings. The minimum Gasteiger partial charge on any atom is -0.488 e. The van der Waals surface area contributed by atoms with Crippen LogP contribution in [-0.2, 0) is 5.41 Å². The van der Waals surface area contributed by atoms with Crippen LogP contribution < -0.4 is 4.74 Å². The van der Waals surface area contributed by atoms with Crippen LogP contribution >= 0.6 is 0 Å². The van der Waals surface area contributed by atoms with Gasteiger partial charge < -0.3 is 4.74 Å². The highest BCUT2D eigenvalue weighted by Crippen LogP contribution is 2.57. The van der Waals surface area contributed by atoms with Crippen LogP contribution in [0.1, 0.15) is 64.9 Å². The minimum atomic E-state index is -0.914. The van der Waals surface area contributed by atoms with Crippen molar-refractivity contribution in [2.75, 3.05) is 0 Å². The number of fused-ring (bicyclic) bond motifs is 3. The Labute approximate surface area is 160 Å². The molecule has 0 unspecified atom stereocenters. The van der Waals surface area contributed by atoms with Gasteiger partial charge in [0.15, 0.2) is 11.6 Å². The Kier molecular flexibility index (Phi) is 4.52. The van der Waals surface area contributed by atoms with E-state index >= 15 is 0 Å². The molecule has 2 aromatic rings. The van der Waals surface area contributed by atoms with Crippen molar-refractivity contribution in [2.24, 2.45) is 5.41 Å². The highest BCUT2D eigenvalue weighted by molar-refractivity contribution is 5.66. The third kappa shape index (κ3) is 3.26. The first-order valence-electron chi connectivity index (χ1n) is 10.1. The van der Waals surface area contributed by atoms with Crippen molar-refractivity contribution < 1.29 is 13.5 Å². The minimum absolute atomic E-state index is 0.0331. The Balaban J connectivity index is 1.61. The Hall–Kier alpha value is -1.90. The van der Waals surface area contributed by atoms with E-state index in [1.807, 2.05) is 12.1 Å². The molecule has 0 saturated heterocycles. The first kappa shape index (κ1) is 18.5. The normalized spacial score (nSPS) is 27.2. The average molecular weight is 370 g/mol.